The number of nitrogens with zero attached hydrogens (tertiary/aromatic N) is 2. The predicted molar refractivity (Wildman–Crippen MR) is 219 cm³/mol. The Hall–Kier alpha value is -5.99. The average Bonchev–Trinajstić information content (AvgIpc) is 3.40. The minimum atomic E-state index is -0.601. The summed E-state index contributed by atoms with van der Waals surface area (Å²) in [5, 5.41) is 15.1. The average molecular weight is 736 g/mol. The van der Waals surface area contributed by atoms with Crippen LogP contribution in [-0.2, 0) is 23.2 Å². The van der Waals surface area contributed by atoms with Gasteiger partial charge in [0.15, 0.2) is 17.9 Å². The fourth-order valence-electron chi connectivity index (χ4n) is 7.05. The Kier molecular flexibility index (Phi) is 12.3. The smallest absolute Gasteiger partial charge is 0.251 e. The monoisotopic (exact) mass is 735 g/mol. The largest absolute Gasteiger partial charge is 0.491 e. The van der Waals surface area contributed by atoms with Gasteiger partial charge < -0.3 is 25.4 Å². The molecule has 0 fully saturated rings. The van der Waals surface area contributed by atoms with Crippen LogP contribution in [0.4, 0.5) is 11.4 Å². The molecule has 2 heterocycles. The van der Waals surface area contributed by atoms with Crippen molar-refractivity contribution in [1.29, 1.82) is 0 Å². The van der Waals surface area contributed by atoms with Crippen molar-refractivity contribution in [2.24, 2.45) is 0 Å². The number of aromatic nitrogens is 1. The quantitative estimate of drug-likeness (QED) is 0.0811. The number of amides is 2. The van der Waals surface area contributed by atoms with Crippen molar-refractivity contribution in [3.05, 3.63) is 172 Å². The number of fused-ring (bicyclic) bond motifs is 1. The number of rotatable bonds is 14. The first-order chi connectivity index (χ1) is 26.5. The number of para-hydroxylation sites is 2. The van der Waals surface area contributed by atoms with Crippen molar-refractivity contribution >= 4 is 29.3 Å². The van der Waals surface area contributed by atoms with Crippen LogP contribution in [0.3, 0.4) is 0 Å². The molecule has 6 rings (SSSR count). The molecule has 8 heteroatoms. The summed E-state index contributed by atoms with van der Waals surface area (Å²) >= 11 is 0. The molecular formula is C47H51N4O4+. The van der Waals surface area contributed by atoms with E-state index in [1.165, 1.54) is 28.3 Å². The summed E-state index contributed by atoms with van der Waals surface area (Å²) in [7, 11) is 0. The van der Waals surface area contributed by atoms with Gasteiger partial charge in [0.1, 0.15) is 12.4 Å². The lowest BCUT2D eigenvalue weighted by Crippen LogP contribution is -2.40. The Bertz CT molecular complexity index is 2170. The van der Waals surface area contributed by atoms with Gasteiger partial charge in [-0.25, -0.2) is 0 Å². The Morgan fingerprint density at radius 1 is 0.836 bits per heavy atom. The highest BCUT2D eigenvalue weighted by Crippen LogP contribution is 2.50. The summed E-state index contributed by atoms with van der Waals surface area (Å²) < 4.78 is 7.78. The number of pyridine rings is 1. The molecule has 0 spiro atoms. The molecule has 5 aromatic rings. The number of allylic oxidation sites excluding steroid dienone is 3. The molecule has 1 atom stereocenters. The van der Waals surface area contributed by atoms with Gasteiger partial charge in [0.05, 0.1) is 12.5 Å². The van der Waals surface area contributed by atoms with E-state index in [0.29, 0.717) is 24.4 Å². The first kappa shape index (κ1) is 38.7. The van der Waals surface area contributed by atoms with Crippen LogP contribution in [0.5, 0.6) is 5.75 Å². The molecule has 1 aliphatic rings. The molecule has 55 heavy (non-hydrogen) atoms. The SMILES string of the molecule is Cc1cc(/C=C/C=C2/N(c3ccccc3)c3ccccc3C2(C)C)cc(C)[n+]1Cc1ccc(CC(=O)NCCNC(=O)c2cccc(OCC(C)O)c2)cc1. The first-order valence-corrected chi connectivity index (χ1v) is 18.9. The van der Waals surface area contributed by atoms with Crippen molar-refractivity contribution in [1.82, 2.24) is 10.6 Å². The van der Waals surface area contributed by atoms with Crippen molar-refractivity contribution < 1.29 is 24.0 Å². The molecule has 1 aromatic heterocycles. The highest BCUT2D eigenvalue weighted by Gasteiger charge is 2.40. The van der Waals surface area contributed by atoms with Crippen LogP contribution in [0, 0.1) is 13.8 Å². The summed E-state index contributed by atoms with van der Waals surface area (Å²) in [4.78, 5) is 27.6. The van der Waals surface area contributed by atoms with E-state index in [0.717, 1.165) is 28.9 Å². The Labute approximate surface area is 324 Å². The third-order valence-electron chi connectivity index (χ3n) is 9.91. The predicted octanol–water partition coefficient (Wildman–Crippen LogP) is 7.51. The highest BCUT2D eigenvalue weighted by molar-refractivity contribution is 5.94. The molecule has 0 aliphatic carbocycles. The highest BCUT2D eigenvalue weighted by atomic mass is 16.5. The number of carbonyl (C=O) groups is 2. The second-order valence-corrected chi connectivity index (χ2v) is 14.7. The van der Waals surface area contributed by atoms with Gasteiger partial charge in [-0.2, -0.15) is 4.57 Å². The third-order valence-corrected chi connectivity index (χ3v) is 9.91. The molecule has 1 aliphatic heterocycles. The van der Waals surface area contributed by atoms with E-state index >= 15 is 0 Å². The van der Waals surface area contributed by atoms with Gasteiger partial charge in [-0.05, 0) is 66.1 Å². The molecule has 0 bridgehead atoms. The Morgan fingerprint density at radius 3 is 2.24 bits per heavy atom. The van der Waals surface area contributed by atoms with Gasteiger partial charge in [-0.3, -0.25) is 9.59 Å². The van der Waals surface area contributed by atoms with Crippen LogP contribution in [0.25, 0.3) is 6.08 Å². The fraction of sp³-hybridized carbons (Fsp3) is 0.255. The number of carbonyl (C=O) groups excluding carboxylic acids is 2. The van der Waals surface area contributed by atoms with Gasteiger partial charge in [0.2, 0.25) is 5.91 Å². The summed E-state index contributed by atoms with van der Waals surface area (Å²) in [6, 6.07) is 38.6. The van der Waals surface area contributed by atoms with E-state index in [2.05, 4.69) is 145 Å². The van der Waals surface area contributed by atoms with Crippen molar-refractivity contribution in [2.45, 2.75) is 59.1 Å². The molecule has 4 aromatic carbocycles. The van der Waals surface area contributed by atoms with E-state index in [-0.39, 0.29) is 30.3 Å². The van der Waals surface area contributed by atoms with Crippen LogP contribution in [0.2, 0.25) is 0 Å². The van der Waals surface area contributed by atoms with Gasteiger partial charge in [-0.15, -0.1) is 0 Å². The molecule has 1 unspecified atom stereocenters. The fourth-order valence-corrected chi connectivity index (χ4v) is 7.05. The number of benzene rings is 4. The lowest BCUT2D eigenvalue weighted by molar-refractivity contribution is -0.700. The molecular weight excluding hydrogens is 685 g/mol. The number of aryl methyl sites for hydroxylation is 2. The Balaban J connectivity index is 1.02. The molecule has 282 valence electrons. The second-order valence-electron chi connectivity index (χ2n) is 14.7. The van der Waals surface area contributed by atoms with Gasteiger partial charge in [0, 0.05) is 72.7 Å². The van der Waals surface area contributed by atoms with E-state index < -0.39 is 6.10 Å². The number of ether oxygens (including phenoxy) is 1. The number of hydrogen-bond donors (Lipinski definition) is 3. The molecule has 0 radical (unpaired) electrons. The minimum absolute atomic E-state index is 0.107. The maximum absolute atomic E-state index is 12.6. The molecule has 0 saturated heterocycles. The van der Waals surface area contributed by atoms with Crippen molar-refractivity contribution in [3.63, 3.8) is 0 Å². The molecule has 2 amide bonds. The van der Waals surface area contributed by atoms with Crippen LogP contribution >= 0.6 is 0 Å². The zero-order valence-corrected chi connectivity index (χ0v) is 32.4. The van der Waals surface area contributed by atoms with E-state index in [4.69, 9.17) is 4.74 Å². The summed E-state index contributed by atoms with van der Waals surface area (Å²) in [5.74, 6) is 0.147. The number of anilines is 2. The topological polar surface area (TPSA) is 94.8 Å². The summed E-state index contributed by atoms with van der Waals surface area (Å²) in [6.07, 6.45) is 6.25. The summed E-state index contributed by atoms with van der Waals surface area (Å²) in [6.45, 7) is 12.0. The maximum atomic E-state index is 12.6. The van der Waals surface area contributed by atoms with Crippen LogP contribution in [-0.4, -0.2) is 42.7 Å². The van der Waals surface area contributed by atoms with Crippen molar-refractivity contribution in [3.8, 4) is 5.75 Å². The minimum Gasteiger partial charge on any atom is -0.491 e. The van der Waals surface area contributed by atoms with Crippen LogP contribution < -0.4 is 24.8 Å². The number of hydrogen-bond acceptors (Lipinski definition) is 5. The van der Waals surface area contributed by atoms with Gasteiger partial charge >= 0.3 is 0 Å². The lowest BCUT2D eigenvalue weighted by Gasteiger charge is -2.27. The molecule has 8 nitrogen and oxygen atoms in total. The standard InChI is InChI=1S/C47H50N4O4/c1-33-27-38(13-11-20-44-47(4,5)42-18-9-10-19-43(42)51(44)40-15-7-6-8-16-40)28-34(2)50(33)31-37-23-21-36(22-24-37)29-45(53)48-25-26-49-46(54)39-14-12-17-41(30-39)55-32-35(3)52/h6-24,27-28,30,35,52H,25-26,29,31-32H2,1-5H3,(H-,48,49,53,54)/p+1. The maximum Gasteiger partial charge on any atom is 0.251 e. The first-order valence-electron chi connectivity index (χ1n) is 18.9. The molecule has 3 N–H and O–H groups in total. The normalized spacial score (nSPS) is 14.5. The van der Waals surface area contributed by atoms with Gasteiger partial charge in [0.25, 0.3) is 5.91 Å². The van der Waals surface area contributed by atoms with Gasteiger partial charge in [-0.1, -0.05) is 92.7 Å². The van der Waals surface area contributed by atoms with Crippen LogP contribution in [0.1, 0.15) is 64.8 Å². The lowest BCUT2D eigenvalue weighted by atomic mass is 9.83. The zero-order chi connectivity index (χ0) is 39.0. The number of aliphatic hydroxyl groups excluding tert-OH is 1. The van der Waals surface area contributed by atoms with E-state index in [9.17, 15) is 14.7 Å². The van der Waals surface area contributed by atoms with E-state index in [1.807, 2.05) is 12.1 Å². The third kappa shape index (κ3) is 9.58. The number of aliphatic hydroxyl groups is 1. The van der Waals surface area contributed by atoms with Crippen molar-refractivity contribution in [2.75, 3.05) is 24.6 Å². The Morgan fingerprint density at radius 2 is 1.51 bits per heavy atom. The zero-order valence-electron chi connectivity index (χ0n) is 32.4. The molecule has 0 saturated carbocycles. The summed E-state index contributed by atoms with van der Waals surface area (Å²) in [5.41, 5.74) is 10.8. The van der Waals surface area contributed by atoms with Crippen LogP contribution in [0.15, 0.2) is 133 Å². The second kappa shape index (κ2) is 17.4. The number of nitrogens with one attached hydrogen (secondary N) is 2. The van der Waals surface area contributed by atoms with E-state index in [1.54, 1.807) is 31.2 Å².